The minimum atomic E-state index is -0.509. The molecule has 0 amide bonds. The van der Waals surface area contributed by atoms with Gasteiger partial charge in [-0.3, -0.25) is 9.59 Å². The molecule has 0 spiro atoms. The van der Waals surface area contributed by atoms with Crippen molar-refractivity contribution >= 4 is 33.7 Å². The van der Waals surface area contributed by atoms with Crippen molar-refractivity contribution in [3.05, 3.63) is 58.7 Å². The van der Waals surface area contributed by atoms with Crippen LogP contribution in [0.2, 0.25) is 0 Å². The maximum absolute atomic E-state index is 11.1. The predicted octanol–water partition coefficient (Wildman–Crippen LogP) is 4.85. The van der Waals surface area contributed by atoms with Crippen LogP contribution in [0.3, 0.4) is 0 Å². The fraction of sp³-hybridized carbons (Fsp3) is 0.125. The molecule has 2 aromatic carbocycles. The van der Waals surface area contributed by atoms with Crippen LogP contribution in [0, 0.1) is 13.8 Å². The molecule has 0 atom stereocenters. The Kier molecular flexibility index (Phi) is 4.66. The molecular formula is C16H12Cl2O3. The molecule has 0 aliphatic rings. The summed E-state index contributed by atoms with van der Waals surface area (Å²) in [5, 5.41) is -1.02. The van der Waals surface area contributed by atoms with Crippen molar-refractivity contribution in [2.45, 2.75) is 13.8 Å². The van der Waals surface area contributed by atoms with Gasteiger partial charge >= 0.3 is 0 Å². The van der Waals surface area contributed by atoms with E-state index in [0.717, 1.165) is 11.1 Å². The smallest absolute Gasteiger partial charge is 0.252 e. The van der Waals surface area contributed by atoms with Gasteiger partial charge in [-0.1, -0.05) is 0 Å². The molecule has 0 aliphatic heterocycles. The van der Waals surface area contributed by atoms with E-state index in [2.05, 4.69) is 0 Å². The van der Waals surface area contributed by atoms with Gasteiger partial charge in [-0.05, 0) is 84.6 Å². The lowest BCUT2D eigenvalue weighted by Crippen LogP contribution is -1.95. The summed E-state index contributed by atoms with van der Waals surface area (Å²) in [4.78, 5) is 22.2. The monoisotopic (exact) mass is 322 g/mol. The third kappa shape index (κ3) is 3.63. The molecule has 0 aromatic heterocycles. The first-order valence-corrected chi connectivity index (χ1v) is 6.93. The van der Waals surface area contributed by atoms with Gasteiger partial charge < -0.3 is 4.74 Å². The number of ether oxygens (including phenoxy) is 1. The topological polar surface area (TPSA) is 43.4 Å². The van der Waals surface area contributed by atoms with Crippen molar-refractivity contribution in [3.63, 3.8) is 0 Å². The van der Waals surface area contributed by atoms with Crippen molar-refractivity contribution in [3.8, 4) is 11.5 Å². The van der Waals surface area contributed by atoms with Crippen LogP contribution in [0.5, 0.6) is 11.5 Å². The van der Waals surface area contributed by atoms with Crippen molar-refractivity contribution in [1.82, 2.24) is 0 Å². The zero-order valence-electron chi connectivity index (χ0n) is 11.4. The van der Waals surface area contributed by atoms with E-state index < -0.39 is 10.5 Å². The van der Waals surface area contributed by atoms with E-state index in [9.17, 15) is 9.59 Å². The number of carbonyl (C=O) groups excluding carboxylic acids is 2. The average Bonchev–Trinajstić information content (AvgIpc) is 2.42. The summed E-state index contributed by atoms with van der Waals surface area (Å²) >= 11 is 10.9. The minimum Gasteiger partial charge on any atom is -0.457 e. The van der Waals surface area contributed by atoms with Gasteiger partial charge in [0.2, 0.25) is 0 Å². The predicted molar refractivity (Wildman–Crippen MR) is 82.8 cm³/mol. The maximum atomic E-state index is 11.1. The van der Waals surface area contributed by atoms with Crippen LogP contribution >= 0.6 is 23.2 Å². The van der Waals surface area contributed by atoms with Crippen LogP contribution < -0.4 is 4.74 Å². The summed E-state index contributed by atoms with van der Waals surface area (Å²) in [6.45, 7) is 3.65. The van der Waals surface area contributed by atoms with Crippen molar-refractivity contribution < 1.29 is 14.3 Å². The number of rotatable bonds is 4. The Morgan fingerprint density at radius 1 is 0.810 bits per heavy atom. The standard InChI is InChI=1S/C16H12Cl2O3/c1-9-7-11(15(17)19)3-5-13(9)21-14-6-4-12(16(18)20)8-10(14)2/h3-8H,1-2H3. The van der Waals surface area contributed by atoms with Gasteiger partial charge in [-0.25, -0.2) is 0 Å². The van der Waals surface area contributed by atoms with Gasteiger partial charge in [0.25, 0.3) is 10.5 Å². The van der Waals surface area contributed by atoms with Crippen molar-refractivity contribution in [1.29, 1.82) is 0 Å². The lowest BCUT2D eigenvalue weighted by atomic mass is 10.1. The van der Waals surface area contributed by atoms with Gasteiger partial charge in [-0.15, -0.1) is 0 Å². The first-order valence-electron chi connectivity index (χ1n) is 6.17. The van der Waals surface area contributed by atoms with Gasteiger partial charge in [0.1, 0.15) is 11.5 Å². The van der Waals surface area contributed by atoms with E-state index in [4.69, 9.17) is 27.9 Å². The maximum Gasteiger partial charge on any atom is 0.252 e. The van der Waals surface area contributed by atoms with Gasteiger partial charge in [0.05, 0.1) is 0 Å². The summed E-state index contributed by atoms with van der Waals surface area (Å²) in [6.07, 6.45) is 0. The highest BCUT2D eigenvalue weighted by Gasteiger charge is 2.10. The molecule has 0 saturated carbocycles. The quantitative estimate of drug-likeness (QED) is 0.755. The van der Waals surface area contributed by atoms with Crippen LogP contribution in [0.4, 0.5) is 0 Å². The number of hydrogen-bond acceptors (Lipinski definition) is 3. The normalized spacial score (nSPS) is 10.3. The number of hydrogen-bond donors (Lipinski definition) is 0. The van der Waals surface area contributed by atoms with Crippen LogP contribution in [-0.2, 0) is 0 Å². The summed E-state index contributed by atoms with van der Waals surface area (Å²) < 4.78 is 5.80. The molecule has 21 heavy (non-hydrogen) atoms. The largest absolute Gasteiger partial charge is 0.457 e. The highest BCUT2D eigenvalue weighted by atomic mass is 35.5. The Labute approximate surface area is 132 Å². The molecular weight excluding hydrogens is 311 g/mol. The molecule has 0 N–H and O–H groups in total. The zero-order chi connectivity index (χ0) is 15.6. The molecule has 108 valence electrons. The number of benzene rings is 2. The molecule has 3 nitrogen and oxygen atoms in total. The Morgan fingerprint density at radius 3 is 1.48 bits per heavy atom. The van der Waals surface area contributed by atoms with E-state index in [-0.39, 0.29) is 0 Å². The van der Waals surface area contributed by atoms with E-state index in [0.29, 0.717) is 22.6 Å². The fourth-order valence-corrected chi connectivity index (χ4v) is 2.13. The highest BCUT2D eigenvalue weighted by Crippen LogP contribution is 2.29. The molecule has 0 radical (unpaired) electrons. The van der Waals surface area contributed by atoms with Crippen LogP contribution in [0.15, 0.2) is 36.4 Å². The Bertz CT molecular complexity index is 662. The zero-order valence-corrected chi connectivity index (χ0v) is 13.0. The molecule has 0 unspecified atom stereocenters. The molecule has 0 heterocycles. The minimum absolute atomic E-state index is 0.418. The van der Waals surface area contributed by atoms with Crippen molar-refractivity contribution in [2.75, 3.05) is 0 Å². The second-order valence-corrected chi connectivity index (χ2v) is 5.30. The van der Waals surface area contributed by atoms with E-state index in [1.54, 1.807) is 36.4 Å². The third-order valence-corrected chi connectivity index (χ3v) is 3.46. The average molecular weight is 323 g/mol. The van der Waals surface area contributed by atoms with Crippen LogP contribution in [0.25, 0.3) is 0 Å². The van der Waals surface area contributed by atoms with Gasteiger partial charge in [0, 0.05) is 11.1 Å². The number of halogens is 2. The third-order valence-electron chi connectivity index (χ3n) is 3.02. The van der Waals surface area contributed by atoms with E-state index in [1.165, 1.54) is 0 Å². The Hall–Kier alpha value is -1.84. The lowest BCUT2D eigenvalue weighted by molar-refractivity contribution is 0.107. The fourth-order valence-electron chi connectivity index (χ4n) is 1.89. The molecule has 0 saturated heterocycles. The first kappa shape index (κ1) is 15.5. The molecule has 5 heteroatoms. The highest BCUT2D eigenvalue weighted by molar-refractivity contribution is 6.68. The number of carbonyl (C=O) groups is 2. The summed E-state index contributed by atoms with van der Waals surface area (Å²) in [5.41, 5.74) is 2.42. The molecule has 2 rings (SSSR count). The van der Waals surface area contributed by atoms with Crippen molar-refractivity contribution in [2.24, 2.45) is 0 Å². The summed E-state index contributed by atoms with van der Waals surface area (Å²) in [6, 6.07) is 9.90. The summed E-state index contributed by atoms with van der Waals surface area (Å²) in [7, 11) is 0. The lowest BCUT2D eigenvalue weighted by Gasteiger charge is -2.12. The molecule has 0 bridgehead atoms. The molecule has 2 aromatic rings. The van der Waals surface area contributed by atoms with E-state index >= 15 is 0 Å². The number of aryl methyl sites for hydroxylation is 2. The van der Waals surface area contributed by atoms with Crippen LogP contribution in [0.1, 0.15) is 31.8 Å². The van der Waals surface area contributed by atoms with Gasteiger partial charge in [-0.2, -0.15) is 0 Å². The first-order chi connectivity index (χ1) is 9.88. The summed E-state index contributed by atoms with van der Waals surface area (Å²) in [5.74, 6) is 1.23. The van der Waals surface area contributed by atoms with Crippen LogP contribution in [-0.4, -0.2) is 10.5 Å². The molecule has 0 aliphatic carbocycles. The second-order valence-electron chi connectivity index (χ2n) is 4.61. The van der Waals surface area contributed by atoms with E-state index in [1.807, 2.05) is 13.8 Å². The Balaban J connectivity index is 2.30. The Morgan fingerprint density at radius 2 is 1.19 bits per heavy atom. The van der Waals surface area contributed by atoms with Gasteiger partial charge in [0.15, 0.2) is 0 Å². The SMILES string of the molecule is Cc1cc(C(=O)Cl)ccc1Oc1ccc(C(=O)Cl)cc1C. The second kappa shape index (κ2) is 6.29. The molecule has 0 fully saturated rings.